The topological polar surface area (TPSA) is 82.1 Å². The molecule has 7 nitrogen and oxygen atoms in total. The Hall–Kier alpha value is -3.59. The minimum absolute atomic E-state index is 0.102. The van der Waals surface area contributed by atoms with Gasteiger partial charge < -0.3 is 18.6 Å². The van der Waals surface area contributed by atoms with Crippen LogP contribution in [0.15, 0.2) is 71.6 Å². The van der Waals surface area contributed by atoms with Crippen molar-refractivity contribution >= 4 is 16.0 Å². The Bertz CT molecular complexity index is 1290. The SMILES string of the molecule is O=C(c1ccc2c(c1)OCO2)N(Cc1ccc(OS(=O)(=O)c2ccc(F)cc2)cc1)C1CC1. The molecule has 170 valence electrons. The van der Waals surface area contributed by atoms with E-state index in [1.807, 2.05) is 4.90 Å². The highest BCUT2D eigenvalue weighted by Crippen LogP contribution is 2.35. The highest BCUT2D eigenvalue weighted by atomic mass is 32.2. The number of ether oxygens (including phenoxy) is 2. The third kappa shape index (κ3) is 4.63. The summed E-state index contributed by atoms with van der Waals surface area (Å²) < 4.78 is 53.7. The zero-order chi connectivity index (χ0) is 23.0. The lowest BCUT2D eigenvalue weighted by atomic mass is 10.1. The summed E-state index contributed by atoms with van der Waals surface area (Å²) in [7, 11) is -4.08. The van der Waals surface area contributed by atoms with E-state index in [1.165, 1.54) is 12.1 Å². The van der Waals surface area contributed by atoms with Crippen molar-refractivity contribution in [3.8, 4) is 17.2 Å². The molecule has 5 rings (SSSR count). The number of nitrogens with zero attached hydrogens (tertiary/aromatic N) is 1. The first kappa shape index (κ1) is 21.3. The summed E-state index contributed by atoms with van der Waals surface area (Å²) in [5, 5.41) is 0. The molecule has 0 aromatic heterocycles. The normalized spacial score (nSPS) is 14.7. The second-order valence-electron chi connectivity index (χ2n) is 7.87. The number of hydrogen-bond acceptors (Lipinski definition) is 6. The Balaban J connectivity index is 1.29. The number of halogens is 1. The quantitative estimate of drug-likeness (QED) is 0.484. The molecule has 0 unspecified atom stereocenters. The van der Waals surface area contributed by atoms with Crippen LogP contribution in [0.3, 0.4) is 0 Å². The fraction of sp³-hybridized carbons (Fsp3) is 0.208. The lowest BCUT2D eigenvalue weighted by molar-refractivity contribution is 0.0729. The number of amides is 1. The van der Waals surface area contributed by atoms with Gasteiger partial charge in [0.2, 0.25) is 6.79 Å². The van der Waals surface area contributed by atoms with Crippen molar-refractivity contribution in [1.29, 1.82) is 0 Å². The third-order valence-corrected chi connectivity index (χ3v) is 6.71. The molecule has 33 heavy (non-hydrogen) atoms. The maximum absolute atomic E-state index is 13.2. The second-order valence-corrected chi connectivity index (χ2v) is 9.41. The molecule has 9 heteroatoms. The van der Waals surface area contributed by atoms with Gasteiger partial charge in [0.1, 0.15) is 16.5 Å². The van der Waals surface area contributed by atoms with Gasteiger partial charge in [0.05, 0.1) is 0 Å². The standard InChI is InChI=1S/C24H20FNO6S/c25-18-4-10-21(11-5-18)33(28,29)32-20-8-1-16(2-9-20)14-26(19-6-7-19)24(27)17-3-12-22-23(13-17)31-15-30-22/h1-5,8-13,19H,6-7,14-15H2. The van der Waals surface area contributed by atoms with Crippen LogP contribution < -0.4 is 13.7 Å². The summed E-state index contributed by atoms with van der Waals surface area (Å²) in [5.74, 6) is 0.670. The monoisotopic (exact) mass is 469 g/mol. The lowest BCUT2D eigenvalue weighted by Gasteiger charge is -2.23. The molecule has 0 atom stereocenters. The van der Waals surface area contributed by atoms with E-state index in [0.717, 1.165) is 42.7 Å². The van der Waals surface area contributed by atoms with Crippen LogP contribution in [0.1, 0.15) is 28.8 Å². The van der Waals surface area contributed by atoms with Crippen LogP contribution in [-0.2, 0) is 16.7 Å². The zero-order valence-electron chi connectivity index (χ0n) is 17.4. The van der Waals surface area contributed by atoms with Gasteiger partial charge in [-0.05, 0) is 73.0 Å². The fourth-order valence-corrected chi connectivity index (χ4v) is 4.50. The van der Waals surface area contributed by atoms with Crippen LogP contribution in [0, 0.1) is 5.82 Å². The van der Waals surface area contributed by atoms with Crippen LogP contribution in [0.2, 0.25) is 0 Å². The Labute approximate surface area is 190 Å². The molecule has 1 aliphatic heterocycles. The number of rotatable bonds is 7. The number of hydrogen-bond donors (Lipinski definition) is 0. The summed E-state index contributed by atoms with van der Waals surface area (Å²) in [4.78, 5) is 14.8. The predicted octanol–water partition coefficient (Wildman–Crippen LogP) is 4.13. The van der Waals surface area contributed by atoms with Gasteiger partial charge >= 0.3 is 10.1 Å². The van der Waals surface area contributed by atoms with Gasteiger partial charge in [-0.1, -0.05) is 12.1 Å². The van der Waals surface area contributed by atoms with E-state index in [0.29, 0.717) is 23.6 Å². The van der Waals surface area contributed by atoms with Crippen LogP contribution in [-0.4, -0.2) is 32.1 Å². The average molecular weight is 469 g/mol. The lowest BCUT2D eigenvalue weighted by Crippen LogP contribution is -2.32. The molecule has 0 saturated heterocycles. The molecule has 1 aliphatic carbocycles. The molecule has 0 spiro atoms. The van der Waals surface area contributed by atoms with Gasteiger partial charge in [-0.15, -0.1) is 0 Å². The minimum Gasteiger partial charge on any atom is -0.454 e. The van der Waals surface area contributed by atoms with Gasteiger partial charge in [-0.2, -0.15) is 8.42 Å². The maximum Gasteiger partial charge on any atom is 0.339 e. The number of fused-ring (bicyclic) bond motifs is 1. The first-order chi connectivity index (χ1) is 15.9. The van der Waals surface area contributed by atoms with E-state index < -0.39 is 15.9 Å². The van der Waals surface area contributed by atoms with Gasteiger partial charge in [-0.25, -0.2) is 4.39 Å². The molecule has 2 aliphatic rings. The van der Waals surface area contributed by atoms with Gasteiger partial charge in [-0.3, -0.25) is 4.79 Å². The van der Waals surface area contributed by atoms with Gasteiger partial charge in [0.15, 0.2) is 11.5 Å². The molecular weight excluding hydrogens is 449 g/mol. The molecule has 1 fully saturated rings. The molecule has 0 N–H and O–H groups in total. The van der Waals surface area contributed by atoms with Crippen molar-refractivity contribution < 1.29 is 31.3 Å². The molecule has 3 aromatic carbocycles. The largest absolute Gasteiger partial charge is 0.454 e. The van der Waals surface area contributed by atoms with Crippen molar-refractivity contribution in [3.05, 3.63) is 83.7 Å². The second kappa shape index (κ2) is 8.40. The molecule has 1 amide bonds. The van der Waals surface area contributed by atoms with Crippen molar-refractivity contribution in [2.75, 3.05) is 6.79 Å². The molecule has 1 heterocycles. The molecule has 0 bridgehead atoms. The summed E-state index contributed by atoms with van der Waals surface area (Å²) in [6, 6.07) is 16.2. The molecular formula is C24H20FNO6S. The zero-order valence-corrected chi connectivity index (χ0v) is 18.3. The first-order valence-electron chi connectivity index (χ1n) is 10.4. The van der Waals surface area contributed by atoms with Crippen molar-refractivity contribution in [2.45, 2.75) is 30.3 Å². The molecule has 0 radical (unpaired) electrons. The Morgan fingerprint density at radius 3 is 2.36 bits per heavy atom. The average Bonchev–Trinajstić information content (AvgIpc) is 3.54. The predicted molar refractivity (Wildman–Crippen MR) is 116 cm³/mol. The molecule has 3 aromatic rings. The van der Waals surface area contributed by atoms with Crippen molar-refractivity contribution in [3.63, 3.8) is 0 Å². The van der Waals surface area contributed by atoms with Gasteiger partial charge in [0, 0.05) is 18.2 Å². The van der Waals surface area contributed by atoms with E-state index in [-0.39, 0.29) is 29.4 Å². The highest BCUT2D eigenvalue weighted by Gasteiger charge is 2.33. The Morgan fingerprint density at radius 1 is 0.970 bits per heavy atom. The van der Waals surface area contributed by atoms with Crippen LogP contribution in [0.5, 0.6) is 17.2 Å². The minimum atomic E-state index is -4.08. The molecule has 1 saturated carbocycles. The Kier molecular flexibility index (Phi) is 5.41. The van der Waals surface area contributed by atoms with Crippen molar-refractivity contribution in [2.24, 2.45) is 0 Å². The summed E-state index contributed by atoms with van der Waals surface area (Å²) in [6.07, 6.45) is 1.88. The number of benzene rings is 3. The van der Waals surface area contributed by atoms with E-state index >= 15 is 0 Å². The maximum atomic E-state index is 13.2. The summed E-state index contributed by atoms with van der Waals surface area (Å²) in [5.41, 5.74) is 1.36. The first-order valence-corrected chi connectivity index (χ1v) is 11.8. The number of carbonyl (C=O) groups is 1. The van der Waals surface area contributed by atoms with Crippen LogP contribution in [0.25, 0.3) is 0 Å². The van der Waals surface area contributed by atoms with Crippen LogP contribution in [0.4, 0.5) is 4.39 Å². The van der Waals surface area contributed by atoms with Crippen molar-refractivity contribution in [1.82, 2.24) is 4.90 Å². The smallest absolute Gasteiger partial charge is 0.339 e. The summed E-state index contributed by atoms with van der Waals surface area (Å²) in [6.45, 7) is 0.521. The van der Waals surface area contributed by atoms with E-state index in [2.05, 4.69) is 0 Å². The summed E-state index contributed by atoms with van der Waals surface area (Å²) >= 11 is 0. The van der Waals surface area contributed by atoms with Gasteiger partial charge in [0.25, 0.3) is 5.91 Å². The van der Waals surface area contributed by atoms with E-state index in [1.54, 1.807) is 30.3 Å². The van der Waals surface area contributed by atoms with E-state index in [4.69, 9.17) is 13.7 Å². The van der Waals surface area contributed by atoms with Crippen LogP contribution >= 0.6 is 0 Å². The fourth-order valence-electron chi connectivity index (χ4n) is 3.57. The Morgan fingerprint density at radius 2 is 1.67 bits per heavy atom. The highest BCUT2D eigenvalue weighted by molar-refractivity contribution is 7.87. The number of carbonyl (C=O) groups excluding carboxylic acids is 1. The van der Waals surface area contributed by atoms with E-state index in [9.17, 15) is 17.6 Å². The third-order valence-electron chi connectivity index (χ3n) is 5.45.